The molecule has 1 heterocycles. The molecule has 3 nitrogen and oxygen atoms in total. The third-order valence-electron chi connectivity index (χ3n) is 2.65. The topological polar surface area (TPSA) is 38.3 Å². The second kappa shape index (κ2) is 7.28. The highest BCUT2D eigenvalue weighted by Gasteiger charge is 2.07. The number of nitrogens with one attached hydrogen (secondary N) is 1. The van der Waals surface area contributed by atoms with Crippen LogP contribution >= 0.6 is 45.5 Å². The van der Waals surface area contributed by atoms with Crippen molar-refractivity contribution in [2.45, 2.75) is 13.0 Å². The minimum atomic E-state index is -0.210. The number of carbonyl (C=O) groups is 1. The SMILES string of the molecule is COC(=O)Cc1ccc(CNc2ccc(Cl)cc2I)s1. The van der Waals surface area contributed by atoms with Gasteiger partial charge in [0.15, 0.2) is 0 Å². The molecule has 2 aromatic rings. The molecular weight excluding hydrogens is 409 g/mol. The Hall–Kier alpha value is -0.790. The zero-order valence-corrected chi connectivity index (χ0v) is 14.5. The van der Waals surface area contributed by atoms with Gasteiger partial charge in [-0.15, -0.1) is 11.3 Å². The monoisotopic (exact) mass is 421 g/mol. The normalized spacial score (nSPS) is 10.3. The smallest absolute Gasteiger partial charge is 0.310 e. The van der Waals surface area contributed by atoms with E-state index in [1.807, 2.05) is 30.3 Å². The number of rotatable bonds is 5. The molecule has 1 aromatic carbocycles. The van der Waals surface area contributed by atoms with Crippen LogP contribution < -0.4 is 5.32 Å². The van der Waals surface area contributed by atoms with Crippen molar-refractivity contribution < 1.29 is 9.53 Å². The minimum Gasteiger partial charge on any atom is -0.469 e. The molecule has 0 aliphatic carbocycles. The molecule has 0 aliphatic rings. The van der Waals surface area contributed by atoms with Gasteiger partial charge in [0.05, 0.1) is 13.5 Å². The van der Waals surface area contributed by atoms with E-state index in [2.05, 4.69) is 32.6 Å². The largest absolute Gasteiger partial charge is 0.469 e. The van der Waals surface area contributed by atoms with Gasteiger partial charge in [0.2, 0.25) is 0 Å². The molecule has 20 heavy (non-hydrogen) atoms. The van der Waals surface area contributed by atoms with Gasteiger partial charge in [-0.25, -0.2) is 0 Å². The van der Waals surface area contributed by atoms with E-state index in [9.17, 15) is 4.79 Å². The molecule has 0 amide bonds. The van der Waals surface area contributed by atoms with E-state index >= 15 is 0 Å². The molecular formula is C14H13ClINO2S. The standard InChI is InChI=1S/C14H13ClINO2S/c1-19-14(18)7-10-3-4-11(20-10)8-17-13-5-2-9(15)6-12(13)16/h2-6,17H,7-8H2,1H3. The van der Waals surface area contributed by atoms with Crippen molar-refractivity contribution in [3.05, 3.63) is 48.7 Å². The van der Waals surface area contributed by atoms with Crippen molar-refractivity contribution in [1.82, 2.24) is 0 Å². The number of thiophene rings is 1. The van der Waals surface area contributed by atoms with E-state index < -0.39 is 0 Å². The Kier molecular flexibility index (Phi) is 5.68. The fourth-order valence-electron chi connectivity index (χ4n) is 1.64. The number of ether oxygens (including phenoxy) is 1. The van der Waals surface area contributed by atoms with Gasteiger partial charge in [-0.3, -0.25) is 4.79 Å². The van der Waals surface area contributed by atoms with Crippen LogP contribution in [0.2, 0.25) is 5.02 Å². The van der Waals surface area contributed by atoms with Crippen LogP contribution in [0.5, 0.6) is 0 Å². The van der Waals surface area contributed by atoms with Gasteiger partial charge in [0.1, 0.15) is 0 Å². The number of halogens is 2. The number of benzene rings is 1. The lowest BCUT2D eigenvalue weighted by atomic mass is 10.3. The van der Waals surface area contributed by atoms with Crippen LogP contribution in [0.15, 0.2) is 30.3 Å². The second-order valence-electron chi connectivity index (χ2n) is 4.10. The van der Waals surface area contributed by atoms with E-state index in [1.54, 1.807) is 11.3 Å². The lowest BCUT2D eigenvalue weighted by Gasteiger charge is -2.07. The molecule has 1 N–H and O–H groups in total. The van der Waals surface area contributed by atoms with Crippen molar-refractivity contribution in [2.75, 3.05) is 12.4 Å². The van der Waals surface area contributed by atoms with Gasteiger partial charge >= 0.3 is 5.97 Å². The van der Waals surface area contributed by atoms with E-state index in [0.717, 1.165) is 25.7 Å². The van der Waals surface area contributed by atoms with E-state index in [4.69, 9.17) is 11.6 Å². The lowest BCUT2D eigenvalue weighted by molar-refractivity contribution is -0.139. The number of hydrogen-bond donors (Lipinski definition) is 1. The predicted molar refractivity (Wildman–Crippen MR) is 91.5 cm³/mol. The van der Waals surface area contributed by atoms with Crippen LogP contribution in [0.25, 0.3) is 0 Å². The fourth-order valence-corrected chi connectivity index (χ4v) is 3.65. The molecule has 0 spiro atoms. The van der Waals surface area contributed by atoms with Gasteiger partial charge in [0.25, 0.3) is 0 Å². The molecule has 0 fully saturated rings. The van der Waals surface area contributed by atoms with Gasteiger partial charge in [-0.2, -0.15) is 0 Å². The number of methoxy groups -OCH3 is 1. The molecule has 0 unspecified atom stereocenters. The summed E-state index contributed by atoms with van der Waals surface area (Å²) < 4.78 is 5.74. The molecule has 1 aromatic heterocycles. The summed E-state index contributed by atoms with van der Waals surface area (Å²) in [5, 5.41) is 4.10. The molecule has 0 atom stereocenters. The Morgan fingerprint density at radius 1 is 1.35 bits per heavy atom. The average molecular weight is 422 g/mol. The predicted octanol–water partition coefficient (Wildman–Crippen LogP) is 4.33. The van der Waals surface area contributed by atoms with Gasteiger partial charge in [-0.05, 0) is 52.9 Å². The summed E-state index contributed by atoms with van der Waals surface area (Å²) >= 11 is 9.79. The maximum absolute atomic E-state index is 11.2. The molecule has 6 heteroatoms. The summed E-state index contributed by atoms with van der Waals surface area (Å²) in [6.45, 7) is 0.726. The summed E-state index contributed by atoms with van der Waals surface area (Å²) in [6.07, 6.45) is 0.333. The van der Waals surface area contributed by atoms with Crippen molar-refractivity contribution in [2.24, 2.45) is 0 Å². The summed E-state index contributed by atoms with van der Waals surface area (Å²) in [6, 6.07) is 9.74. The fraction of sp³-hybridized carbons (Fsp3) is 0.214. The van der Waals surface area contributed by atoms with Crippen LogP contribution in [0.1, 0.15) is 9.75 Å². The quantitative estimate of drug-likeness (QED) is 0.577. The second-order valence-corrected chi connectivity index (χ2v) is 6.95. The van der Waals surface area contributed by atoms with Crippen molar-refractivity contribution >= 4 is 57.2 Å². The highest BCUT2D eigenvalue weighted by atomic mass is 127. The zero-order chi connectivity index (χ0) is 14.5. The van der Waals surface area contributed by atoms with Gasteiger partial charge in [0, 0.05) is 30.6 Å². The van der Waals surface area contributed by atoms with Crippen LogP contribution in [0.3, 0.4) is 0 Å². The Bertz CT molecular complexity index is 615. The Labute approximate surface area is 140 Å². The first kappa shape index (κ1) is 15.6. The summed E-state index contributed by atoms with van der Waals surface area (Å²) in [7, 11) is 1.40. The molecule has 106 valence electrons. The minimum absolute atomic E-state index is 0.210. The molecule has 0 bridgehead atoms. The van der Waals surface area contributed by atoms with Crippen molar-refractivity contribution in [3.63, 3.8) is 0 Å². The highest BCUT2D eigenvalue weighted by molar-refractivity contribution is 14.1. The summed E-state index contributed by atoms with van der Waals surface area (Å²) in [4.78, 5) is 13.4. The van der Waals surface area contributed by atoms with Crippen LogP contribution in [-0.2, 0) is 22.5 Å². The molecule has 0 saturated carbocycles. The van der Waals surface area contributed by atoms with E-state index in [0.29, 0.717) is 6.42 Å². The Morgan fingerprint density at radius 3 is 2.80 bits per heavy atom. The van der Waals surface area contributed by atoms with Gasteiger partial charge in [-0.1, -0.05) is 11.6 Å². The van der Waals surface area contributed by atoms with Gasteiger partial charge < -0.3 is 10.1 Å². The number of anilines is 1. The number of esters is 1. The van der Waals surface area contributed by atoms with Crippen LogP contribution in [0.4, 0.5) is 5.69 Å². The highest BCUT2D eigenvalue weighted by Crippen LogP contribution is 2.24. The first-order chi connectivity index (χ1) is 9.58. The zero-order valence-electron chi connectivity index (χ0n) is 10.8. The van der Waals surface area contributed by atoms with E-state index in [-0.39, 0.29) is 5.97 Å². The van der Waals surface area contributed by atoms with Crippen LogP contribution in [-0.4, -0.2) is 13.1 Å². The summed E-state index contributed by atoms with van der Waals surface area (Å²) in [5.41, 5.74) is 1.05. The van der Waals surface area contributed by atoms with Crippen LogP contribution in [0, 0.1) is 3.57 Å². The lowest BCUT2D eigenvalue weighted by Crippen LogP contribution is -2.02. The van der Waals surface area contributed by atoms with E-state index in [1.165, 1.54) is 12.0 Å². The summed E-state index contributed by atoms with van der Waals surface area (Å²) in [5.74, 6) is -0.210. The Balaban J connectivity index is 1.95. The molecule has 0 saturated heterocycles. The third-order valence-corrected chi connectivity index (χ3v) is 4.86. The Morgan fingerprint density at radius 2 is 2.10 bits per heavy atom. The number of hydrogen-bond acceptors (Lipinski definition) is 4. The molecule has 2 rings (SSSR count). The maximum Gasteiger partial charge on any atom is 0.310 e. The molecule has 0 radical (unpaired) electrons. The van der Waals surface area contributed by atoms with Crippen molar-refractivity contribution in [1.29, 1.82) is 0 Å². The first-order valence-corrected chi connectivity index (χ1v) is 8.19. The maximum atomic E-state index is 11.2. The first-order valence-electron chi connectivity index (χ1n) is 5.92. The average Bonchev–Trinajstić information content (AvgIpc) is 2.85. The third kappa shape index (κ3) is 4.36. The number of carbonyl (C=O) groups excluding carboxylic acids is 1. The molecule has 0 aliphatic heterocycles. The van der Waals surface area contributed by atoms with Crippen molar-refractivity contribution in [3.8, 4) is 0 Å².